The smallest absolute Gasteiger partial charge is 0.167 e. The first-order chi connectivity index (χ1) is 8.66. The molecule has 0 aliphatic heterocycles. The monoisotopic (exact) mass is 246 g/mol. The Balaban J connectivity index is 2.06. The zero-order valence-corrected chi connectivity index (χ0v) is 10.6. The van der Waals surface area contributed by atoms with Crippen LogP contribution in [0.1, 0.15) is 25.6 Å². The van der Waals surface area contributed by atoms with Gasteiger partial charge in [-0.25, -0.2) is 0 Å². The topological polar surface area (TPSA) is 58.3 Å². The van der Waals surface area contributed by atoms with Crippen molar-refractivity contribution in [2.45, 2.75) is 26.0 Å². The number of benzene rings is 1. The predicted molar refractivity (Wildman–Crippen MR) is 70.0 cm³/mol. The number of hydrogen-bond acceptors (Lipinski definition) is 4. The van der Waals surface area contributed by atoms with Crippen LogP contribution < -0.4 is 5.32 Å². The summed E-state index contributed by atoms with van der Waals surface area (Å²) in [6.45, 7) is 4.54. The van der Waals surface area contributed by atoms with Crippen LogP contribution in [0, 0.1) is 0 Å². The molecule has 0 spiro atoms. The van der Waals surface area contributed by atoms with Crippen LogP contribution in [-0.4, -0.2) is 22.8 Å². The lowest BCUT2D eigenvalue weighted by Gasteiger charge is -2.11. The minimum absolute atomic E-state index is 0.333. The van der Waals surface area contributed by atoms with Gasteiger partial charge in [0.25, 0.3) is 0 Å². The fourth-order valence-corrected chi connectivity index (χ4v) is 1.64. The van der Waals surface area contributed by atoms with Crippen LogP contribution in [0.3, 0.4) is 0 Å². The molecule has 0 saturated carbocycles. The van der Waals surface area contributed by atoms with Gasteiger partial charge in [0.15, 0.2) is 5.76 Å². The van der Waals surface area contributed by atoms with Crippen molar-refractivity contribution in [3.63, 3.8) is 0 Å². The molecule has 18 heavy (non-hydrogen) atoms. The Hall–Kier alpha value is -1.65. The van der Waals surface area contributed by atoms with E-state index >= 15 is 0 Å². The normalized spacial score (nSPS) is 12.9. The van der Waals surface area contributed by atoms with E-state index in [-0.39, 0.29) is 0 Å². The molecule has 2 N–H and O–H groups in total. The summed E-state index contributed by atoms with van der Waals surface area (Å²) >= 11 is 0. The van der Waals surface area contributed by atoms with Gasteiger partial charge in [0, 0.05) is 24.2 Å². The highest BCUT2D eigenvalue weighted by atomic mass is 16.5. The molecule has 0 aliphatic carbocycles. The number of nitrogens with zero attached hydrogens (tertiary/aromatic N) is 1. The summed E-state index contributed by atoms with van der Waals surface area (Å²) in [5.74, 6) is 0.675. The first-order valence-electron chi connectivity index (χ1n) is 6.10. The third kappa shape index (κ3) is 3.18. The molecule has 0 saturated heterocycles. The van der Waals surface area contributed by atoms with Gasteiger partial charge in [-0.15, -0.1) is 0 Å². The number of aliphatic hydroxyl groups is 1. The lowest BCUT2D eigenvalue weighted by atomic mass is 10.1. The fourth-order valence-electron chi connectivity index (χ4n) is 1.64. The molecule has 2 aromatic rings. The lowest BCUT2D eigenvalue weighted by Crippen LogP contribution is -2.27. The molecule has 0 bridgehead atoms. The number of aliphatic hydroxyl groups excluding tert-OH is 1. The molecule has 1 aromatic carbocycles. The maximum atomic E-state index is 9.94. The van der Waals surface area contributed by atoms with Gasteiger partial charge in [0.2, 0.25) is 0 Å². The second-order valence-corrected chi connectivity index (χ2v) is 4.56. The quantitative estimate of drug-likeness (QED) is 0.850. The molecule has 1 atom stereocenters. The zero-order chi connectivity index (χ0) is 13.0. The maximum Gasteiger partial charge on any atom is 0.167 e. The Bertz CT molecular complexity index is 480. The van der Waals surface area contributed by atoms with E-state index in [0.29, 0.717) is 24.0 Å². The van der Waals surface area contributed by atoms with E-state index in [0.717, 1.165) is 5.56 Å². The van der Waals surface area contributed by atoms with Gasteiger partial charge in [-0.1, -0.05) is 49.3 Å². The van der Waals surface area contributed by atoms with E-state index in [2.05, 4.69) is 10.5 Å². The Kier molecular flexibility index (Phi) is 4.12. The summed E-state index contributed by atoms with van der Waals surface area (Å²) in [5.41, 5.74) is 1.52. The first kappa shape index (κ1) is 12.8. The van der Waals surface area contributed by atoms with Crippen LogP contribution in [0.5, 0.6) is 0 Å². The first-order valence-corrected chi connectivity index (χ1v) is 6.10. The van der Waals surface area contributed by atoms with Gasteiger partial charge in [-0.3, -0.25) is 0 Å². The number of aromatic nitrogens is 1. The van der Waals surface area contributed by atoms with Crippen molar-refractivity contribution in [3.05, 3.63) is 42.1 Å². The molecule has 0 radical (unpaired) electrons. The van der Waals surface area contributed by atoms with Gasteiger partial charge in [0.1, 0.15) is 11.8 Å². The largest absolute Gasteiger partial charge is 0.385 e. The molecule has 96 valence electrons. The highest BCUT2D eigenvalue weighted by molar-refractivity contribution is 5.56. The second kappa shape index (κ2) is 5.80. The van der Waals surface area contributed by atoms with Crippen molar-refractivity contribution in [2.75, 3.05) is 6.54 Å². The Morgan fingerprint density at radius 1 is 1.28 bits per heavy atom. The lowest BCUT2D eigenvalue weighted by molar-refractivity contribution is 0.162. The highest BCUT2D eigenvalue weighted by Gasteiger charge is 2.14. The van der Waals surface area contributed by atoms with Gasteiger partial charge in [-0.2, -0.15) is 0 Å². The van der Waals surface area contributed by atoms with Crippen molar-refractivity contribution in [1.29, 1.82) is 0 Å². The van der Waals surface area contributed by atoms with Crippen molar-refractivity contribution >= 4 is 0 Å². The Labute approximate surface area is 107 Å². The van der Waals surface area contributed by atoms with E-state index < -0.39 is 6.10 Å². The highest BCUT2D eigenvalue weighted by Crippen LogP contribution is 2.22. The van der Waals surface area contributed by atoms with Crippen molar-refractivity contribution in [1.82, 2.24) is 10.5 Å². The molecule has 2 rings (SSSR count). The molecule has 1 heterocycles. The average molecular weight is 246 g/mol. The summed E-state index contributed by atoms with van der Waals surface area (Å²) in [7, 11) is 0. The predicted octanol–water partition coefficient (Wildman–Crippen LogP) is 2.37. The summed E-state index contributed by atoms with van der Waals surface area (Å²) < 4.78 is 5.24. The molecular weight excluding hydrogens is 228 g/mol. The van der Waals surface area contributed by atoms with Crippen LogP contribution in [-0.2, 0) is 0 Å². The van der Waals surface area contributed by atoms with Crippen LogP contribution in [0.4, 0.5) is 0 Å². The van der Waals surface area contributed by atoms with Crippen molar-refractivity contribution < 1.29 is 9.63 Å². The maximum absolute atomic E-state index is 9.94. The number of hydrogen-bond donors (Lipinski definition) is 2. The molecule has 0 amide bonds. The molecule has 0 aliphatic rings. The Morgan fingerprint density at radius 3 is 2.67 bits per heavy atom. The number of rotatable bonds is 5. The van der Waals surface area contributed by atoms with Crippen LogP contribution in [0.15, 0.2) is 40.9 Å². The van der Waals surface area contributed by atoms with E-state index in [4.69, 9.17) is 4.52 Å². The summed E-state index contributed by atoms with van der Waals surface area (Å²) in [6, 6.07) is 11.8. The Morgan fingerprint density at radius 2 is 2.00 bits per heavy atom. The average Bonchev–Trinajstić information content (AvgIpc) is 2.86. The number of nitrogens with one attached hydrogen (secondary N) is 1. The van der Waals surface area contributed by atoms with Crippen LogP contribution >= 0.6 is 0 Å². The summed E-state index contributed by atoms with van der Waals surface area (Å²) in [4.78, 5) is 0. The van der Waals surface area contributed by atoms with E-state index in [1.165, 1.54) is 0 Å². The van der Waals surface area contributed by atoms with Gasteiger partial charge in [-0.05, 0) is 0 Å². The molecule has 1 unspecified atom stereocenters. The zero-order valence-electron chi connectivity index (χ0n) is 10.6. The minimum Gasteiger partial charge on any atom is -0.385 e. The molecule has 1 aromatic heterocycles. The second-order valence-electron chi connectivity index (χ2n) is 4.56. The van der Waals surface area contributed by atoms with E-state index in [9.17, 15) is 5.11 Å². The summed E-state index contributed by atoms with van der Waals surface area (Å²) in [6.07, 6.45) is -0.645. The summed E-state index contributed by atoms with van der Waals surface area (Å²) in [5, 5.41) is 17.0. The molecule has 0 fully saturated rings. The molecular formula is C14H18N2O2. The SMILES string of the molecule is CC(C)NCC(O)c1cc(-c2ccccc2)on1. The van der Waals surface area contributed by atoms with Crippen molar-refractivity contribution in [2.24, 2.45) is 0 Å². The van der Waals surface area contributed by atoms with E-state index in [1.54, 1.807) is 6.07 Å². The standard InChI is InChI=1S/C14H18N2O2/c1-10(2)15-9-13(17)12-8-14(18-16-12)11-6-4-3-5-7-11/h3-8,10,13,15,17H,9H2,1-2H3. The molecule has 4 heteroatoms. The van der Waals surface area contributed by atoms with Gasteiger partial charge < -0.3 is 14.9 Å². The third-order valence-corrected chi connectivity index (χ3v) is 2.65. The fraction of sp³-hybridized carbons (Fsp3) is 0.357. The minimum atomic E-state index is -0.645. The van der Waals surface area contributed by atoms with Crippen molar-refractivity contribution in [3.8, 4) is 11.3 Å². The van der Waals surface area contributed by atoms with Gasteiger partial charge in [0.05, 0.1) is 0 Å². The van der Waals surface area contributed by atoms with Crippen LogP contribution in [0.25, 0.3) is 11.3 Å². The van der Waals surface area contributed by atoms with E-state index in [1.807, 2.05) is 44.2 Å². The third-order valence-electron chi connectivity index (χ3n) is 2.65. The van der Waals surface area contributed by atoms with Gasteiger partial charge >= 0.3 is 0 Å². The molecule has 4 nitrogen and oxygen atoms in total. The van der Waals surface area contributed by atoms with Crippen LogP contribution in [0.2, 0.25) is 0 Å².